The van der Waals surface area contributed by atoms with Crippen LogP contribution in [0.2, 0.25) is 0 Å². The average Bonchev–Trinajstić information content (AvgIpc) is 3.97. The summed E-state index contributed by atoms with van der Waals surface area (Å²) in [5.41, 5.74) is 20.2. The third-order valence-electron chi connectivity index (χ3n) is 14.4. The van der Waals surface area contributed by atoms with Crippen molar-refractivity contribution in [3.8, 4) is 33.4 Å². The third kappa shape index (κ3) is 4.30. The topological polar surface area (TPSA) is 17.8 Å². The average molecular weight is 763 g/mol. The van der Waals surface area contributed by atoms with Crippen LogP contribution in [0.5, 0.6) is 0 Å². The quantitative estimate of drug-likeness (QED) is 0.175. The van der Waals surface area contributed by atoms with Gasteiger partial charge in [-0.25, -0.2) is 0 Å². The Morgan fingerprint density at radius 1 is 0.533 bits per heavy atom. The Hall–Kier alpha value is -7.29. The summed E-state index contributed by atoms with van der Waals surface area (Å²) in [5.74, 6) is 1.01. The molecule has 0 fully saturated rings. The van der Waals surface area contributed by atoms with Gasteiger partial charge in [0, 0.05) is 44.7 Å². The van der Waals surface area contributed by atoms with Crippen LogP contribution in [-0.2, 0) is 6.42 Å². The first-order chi connectivity index (χ1) is 29.8. The maximum Gasteiger partial charge on any atom is 0.0711 e. The Labute approximate surface area is 348 Å². The van der Waals surface area contributed by atoms with E-state index in [2.05, 4.69) is 187 Å². The van der Waals surface area contributed by atoms with E-state index in [-0.39, 0.29) is 5.92 Å². The summed E-state index contributed by atoms with van der Waals surface area (Å²) in [6.45, 7) is 0. The zero-order chi connectivity index (χ0) is 39.1. The number of pyridine rings is 1. The highest BCUT2D eigenvalue weighted by molar-refractivity contribution is 6.31. The van der Waals surface area contributed by atoms with Gasteiger partial charge in [0.1, 0.15) is 0 Å². The molecule has 8 aromatic carbocycles. The number of hydrogen-bond donors (Lipinski definition) is 0. The number of benzene rings is 8. The van der Waals surface area contributed by atoms with Crippen LogP contribution in [0.3, 0.4) is 0 Å². The minimum atomic E-state index is 0.232. The minimum Gasteiger partial charge on any atom is -0.308 e. The van der Waals surface area contributed by atoms with Crippen molar-refractivity contribution in [3.63, 3.8) is 0 Å². The van der Waals surface area contributed by atoms with E-state index < -0.39 is 0 Å². The molecule has 2 aromatic heterocycles. The summed E-state index contributed by atoms with van der Waals surface area (Å²) in [7, 11) is 0. The molecule has 3 atom stereocenters. The lowest BCUT2D eigenvalue weighted by Gasteiger charge is -2.29. The summed E-state index contributed by atoms with van der Waals surface area (Å²) in [6.07, 6.45) is 16.3. The van der Waals surface area contributed by atoms with Gasteiger partial charge in [0.2, 0.25) is 0 Å². The molecule has 2 heteroatoms. The largest absolute Gasteiger partial charge is 0.308 e. The van der Waals surface area contributed by atoms with E-state index in [4.69, 9.17) is 4.98 Å². The molecule has 0 radical (unpaired) electrons. The Morgan fingerprint density at radius 3 is 2.20 bits per heavy atom. The second kappa shape index (κ2) is 12.1. The molecule has 2 unspecified atom stereocenters. The summed E-state index contributed by atoms with van der Waals surface area (Å²) < 4.78 is 2.64. The molecule has 4 aliphatic rings. The van der Waals surface area contributed by atoms with Gasteiger partial charge in [0.05, 0.1) is 16.6 Å². The van der Waals surface area contributed by atoms with E-state index in [1.165, 1.54) is 116 Å². The van der Waals surface area contributed by atoms with Crippen LogP contribution in [0.4, 0.5) is 0 Å². The fourth-order valence-corrected chi connectivity index (χ4v) is 11.9. The third-order valence-corrected chi connectivity index (χ3v) is 14.4. The van der Waals surface area contributed by atoms with Crippen molar-refractivity contribution in [1.29, 1.82) is 0 Å². The lowest BCUT2D eigenvalue weighted by atomic mass is 9.76. The van der Waals surface area contributed by atoms with Crippen molar-refractivity contribution in [1.82, 2.24) is 9.55 Å². The number of allylic oxidation sites excluding steroid dienone is 5. The molecule has 0 spiro atoms. The zero-order valence-corrected chi connectivity index (χ0v) is 32.9. The van der Waals surface area contributed by atoms with Gasteiger partial charge >= 0.3 is 0 Å². The van der Waals surface area contributed by atoms with Crippen molar-refractivity contribution >= 4 is 66.0 Å². The summed E-state index contributed by atoms with van der Waals surface area (Å²) in [5, 5.41) is 9.22. The van der Waals surface area contributed by atoms with Gasteiger partial charge in [-0.1, -0.05) is 164 Å². The molecule has 60 heavy (non-hydrogen) atoms. The standard InChI is InChI=1S/C58H38N2/c1-2-12-35(13-3-1)49-33-51-42(22-11-31-59-51)50-32-37(26-29-41(49)50)34-23-27-38(28-24-34)60-57-39-15-5-4-14-36(39)25-30-48(57)56-55-47-21-10-20-43-40-16-6-7-17-44(40)53(52(43)47)54(55)45-18-8-9-19-46(45)58(56)60/h1-23,25-31,33-34,37,53H,24,32H2/t34?,37?,53-/m0/s1. The number of nitrogens with zero attached hydrogens (tertiary/aromatic N) is 2. The Bertz CT molecular complexity index is 3620. The van der Waals surface area contributed by atoms with Crippen LogP contribution in [0, 0.1) is 11.8 Å². The van der Waals surface area contributed by atoms with E-state index in [0.717, 1.165) is 18.4 Å². The second-order valence-electron chi connectivity index (χ2n) is 17.2. The number of hydrogen-bond acceptors (Lipinski definition) is 1. The first-order valence-electron chi connectivity index (χ1n) is 21.5. The minimum absolute atomic E-state index is 0.232. The van der Waals surface area contributed by atoms with Gasteiger partial charge in [-0.05, 0) is 115 Å². The van der Waals surface area contributed by atoms with Crippen LogP contribution >= 0.6 is 0 Å². The highest BCUT2D eigenvalue weighted by Crippen LogP contribution is 2.62. The van der Waals surface area contributed by atoms with E-state index in [1.807, 2.05) is 6.20 Å². The molecule has 280 valence electrons. The predicted octanol–water partition coefficient (Wildman–Crippen LogP) is 14.8. The molecule has 10 aromatic rings. The van der Waals surface area contributed by atoms with Crippen molar-refractivity contribution in [3.05, 3.63) is 210 Å². The summed E-state index contributed by atoms with van der Waals surface area (Å²) >= 11 is 0. The van der Waals surface area contributed by atoms with E-state index >= 15 is 0 Å². The number of rotatable bonds is 3. The van der Waals surface area contributed by atoms with Crippen LogP contribution in [0.1, 0.15) is 40.2 Å². The van der Waals surface area contributed by atoms with E-state index in [1.54, 1.807) is 0 Å². The molecule has 14 rings (SSSR count). The van der Waals surface area contributed by atoms with Gasteiger partial charge in [-0.2, -0.15) is 0 Å². The van der Waals surface area contributed by atoms with Gasteiger partial charge in [0.15, 0.2) is 0 Å². The van der Waals surface area contributed by atoms with Gasteiger partial charge in [0.25, 0.3) is 0 Å². The molecule has 4 aliphatic carbocycles. The highest BCUT2D eigenvalue weighted by Gasteiger charge is 2.42. The van der Waals surface area contributed by atoms with Crippen LogP contribution in [0.15, 0.2) is 182 Å². The molecule has 0 saturated carbocycles. The fourth-order valence-electron chi connectivity index (χ4n) is 11.9. The lowest BCUT2D eigenvalue weighted by Crippen LogP contribution is -2.18. The molecular formula is C58H38N2. The summed E-state index contributed by atoms with van der Waals surface area (Å²) in [4.78, 5) is 4.85. The van der Waals surface area contributed by atoms with Crippen LogP contribution in [-0.4, -0.2) is 9.55 Å². The Morgan fingerprint density at radius 2 is 1.30 bits per heavy atom. The smallest absolute Gasteiger partial charge is 0.0711 e. The number of aromatic nitrogens is 2. The summed E-state index contributed by atoms with van der Waals surface area (Å²) in [6, 6.07) is 56.5. The van der Waals surface area contributed by atoms with Gasteiger partial charge < -0.3 is 4.57 Å². The lowest BCUT2D eigenvalue weighted by molar-refractivity contribution is 0.473. The maximum atomic E-state index is 4.85. The maximum absolute atomic E-state index is 4.85. The number of fused-ring (bicyclic) bond motifs is 18. The van der Waals surface area contributed by atoms with Crippen molar-refractivity contribution in [2.24, 2.45) is 11.8 Å². The normalized spacial score (nSPS) is 18.3. The van der Waals surface area contributed by atoms with E-state index in [9.17, 15) is 0 Å². The Kier molecular flexibility index (Phi) is 6.60. The van der Waals surface area contributed by atoms with Crippen LogP contribution < -0.4 is 0 Å². The SMILES string of the molecule is C1=CC(C2C=Cc3c(-c4ccccc4)cc4ncccc4c3C2)CC=C1n1c2c3ccccc3ccc2c2c3c(c4ccccc4c21)[C@H]1c2ccccc2-c2cccc-3c21. The first kappa shape index (κ1) is 32.6. The monoisotopic (exact) mass is 762 g/mol. The van der Waals surface area contributed by atoms with Crippen molar-refractivity contribution < 1.29 is 0 Å². The molecule has 2 heterocycles. The Balaban J connectivity index is 0.957. The molecule has 2 nitrogen and oxygen atoms in total. The van der Waals surface area contributed by atoms with Gasteiger partial charge in [-0.15, -0.1) is 0 Å². The molecule has 0 saturated heterocycles. The predicted molar refractivity (Wildman–Crippen MR) is 251 cm³/mol. The molecule has 0 amide bonds. The van der Waals surface area contributed by atoms with E-state index in [0.29, 0.717) is 11.8 Å². The molecule has 0 aliphatic heterocycles. The second-order valence-corrected chi connectivity index (χ2v) is 17.2. The molecule has 0 bridgehead atoms. The van der Waals surface area contributed by atoms with Crippen molar-refractivity contribution in [2.45, 2.75) is 18.8 Å². The molecule has 0 N–H and O–H groups in total. The molecular weight excluding hydrogens is 725 g/mol. The van der Waals surface area contributed by atoms with Crippen molar-refractivity contribution in [2.75, 3.05) is 0 Å². The first-order valence-corrected chi connectivity index (χ1v) is 21.5. The van der Waals surface area contributed by atoms with Gasteiger partial charge in [-0.3, -0.25) is 4.98 Å². The fraction of sp³-hybridized carbons (Fsp3) is 0.0862. The zero-order valence-electron chi connectivity index (χ0n) is 32.9. The van der Waals surface area contributed by atoms with Crippen LogP contribution in [0.25, 0.3) is 99.4 Å². The highest BCUT2D eigenvalue weighted by atomic mass is 15.0.